The second kappa shape index (κ2) is 36.2. The van der Waals surface area contributed by atoms with E-state index >= 15 is 0 Å². The standard InChI is InChI=1S/2CH3.Ir.3Y/h2*1H3;;;;/q2*-1;;;;. The first-order chi connectivity index (χ1) is 0. The van der Waals surface area contributed by atoms with E-state index in [4.69, 9.17) is 0 Å². The molecular weight excluding hydrogens is 483 g/mol. The SMILES string of the molecule is [CH3-].[CH3-].[Ir].[Y].[Y].[Y]. The van der Waals surface area contributed by atoms with Crippen LogP contribution < -0.4 is 0 Å². The van der Waals surface area contributed by atoms with Crippen LogP contribution >= 0.6 is 0 Å². The van der Waals surface area contributed by atoms with Crippen molar-refractivity contribution in [2.24, 2.45) is 0 Å². The first-order valence-electron chi connectivity index (χ1n) is 0. The van der Waals surface area contributed by atoms with Gasteiger partial charge in [-0.1, -0.05) is 0 Å². The second-order valence-corrected chi connectivity index (χ2v) is 0. The Morgan fingerprint density at radius 2 is 0.500 bits per heavy atom. The van der Waals surface area contributed by atoms with Gasteiger partial charge in [-0.15, -0.1) is 0 Å². The van der Waals surface area contributed by atoms with Gasteiger partial charge in [0, 0.05) is 118 Å². The van der Waals surface area contributed by atoms with Crippen molar-refractivity contribution in [3.05, 3.63) is 14.9 Å². The van der Waals surface area contributed by atoms with Gasteiger partial charge in [-0.3, -0.25) is 0 Å². The van der Waals surface area contributed by atoms with Gasteiger partial charge >= 0.3 is 0 Å². The Labute approximate surface area is 130 Å². The van der Waals surface area contributed by atoms with Crippen LogP contribution in [0.15, 0.2) is 0 Å². The fourth-order valence-electron chi connectivity index (χ4n) is 0. The van der Waals surface area contributed by atoms with Crippen LogP contribution in [0.5, 0.6) is 0 Å². The van der Waals surface area contributed by atoms with E-state index in [-0.39, 0.29) is 133 Å². The van der Waals surface area contributed by atoms with E-state index in [1.54, 1.807) is 0 Å². The van der Waals surface area contributed by atoms with Crippen molar-refractivity contribution < 1.29 is 118 Å². The summed E-state index contributed by atoms with van der Waals surface area (Å²) in [6.07, 6.45) is 0. The molecule has 0 saturated heterocycles. The molecule has 0 heterocycles. The molecule has 0 N–H and O–H groups in total. The Kier molecular flexibility index (Phi) is 308. The van der Waals surface area contributed by atoms with E-state index in [0.29, 0.717) is 0 Å². The van der Waals surface area contributed by atoms with Crippen LogP contribution in [-0.2, 0) is 118 Å². The Balaban J connectivity index is 0. The summed E-state index contributed by atoms with van der Waals surface area (Å²) in [5.74, 6) is 0. The third kappa shape index (κ3) is 24.6. The van der Waals surface area contributed by atoms with Gasteiger partial charge in [0.1, 0.15) is 0 Å². The molecule has 6 heavy (non-hydrogen) atoms. The van der Waals surface area contributed by atoms with Gasteiger partial charge in [-0.05, 0) is 0 Å². The molecular formula is C2H6IrY3-2. The topological polar surface area (TPSA) is 0 Å². The fraction of sp³-hybridized carbons (Fsp3) is 0. The summed E-state index contributed by atoms with van der Waals surface area (Å²) >= 11 is 0. The average Bonchev–Trinajstić information content (AvgIpc) is 0. The molecule has 0 amide bonds. The van der Waals surface area contributed by atoms with Gasteiger partial charge in [-0.2, -0.15) is 0 Å². The van der Waals surface area contributed by atoms with E-state index in [1.165, 1.54) is 0 Å². The van der Waals surface area contributed by atoms with Crippen molar-refractivity contribution >= 4 is 0 Å². The predicted octanol–water partition coefficient (Wildman–Crippen LogP) is 0.891. The smallest absolute Gasteiger partial charge is 0 e. The van der Waals surface area contributed by atoms with Gasteiger partial charge < -0.3 is 14.9 Å². The maximum Gasteiger partial charge on any atom is 0 e. The molecule has 34 valence electrons. The Bertz CT molecular complexity index is 8.75. The zero-order chi connectivity index (χ0) is 0. The van der Waals surface area contributed by atoms with Crippen molar-refractivity contribution in [1.82, 2.24) is 0 Å². The quantitative estimate of drug-likeness (QED) is 0.444. The minimum atomic E-state index is 0. The molecule has 4 radical (unpaired) electrons. The van der Waals surface area contributed by atoms with Crippen LogP contribution in [0.3, 0.4) is 0 Å². The molecule has 0 nitrogen and oxygen atoms in total. The molecule has 0 fully saturated rings. The van der Waals surface area contributed by atoms with E-state index in [0.717, 1.165) is 0 Å². The molecule has 0 unspecified atom stereocenters. The normalized spacial score (nSPS) is 0. The Morgan fingerprint density at radius 1 is 0.500 bits per heavy atom. The molecule has 0 aliphatic carbocycles. The Morgan fingerprint density at radius 3 is 0.500 bits per heavy atom. The number of hydrogen-bond acceptors (Lipinski definition) is 0. The van der Waals surface area contributed by atoms with E-state index in [1.807, 2.05) is 0 Å². The predicted molar refractivity (Wildman–Crippen MR) is 12.8 cm³/mol. The molecule has 4 heteroatoms. The van der Waals surface area contributed by atoms with Gasteiger partial charge in [-0.25, -0.2) is 0 Å². The number of hydrogen-bond donors (Lipinski definition) is 0. The molecule has 0 atom stereocenters. The van der Waals surface area contributed by atoms with Crippen LogP contribution in [0.4, 0.5) is 0 Å². The van der Waals surface area contributed by atoms with Gasteiger partial charge in [0.25, 0.3) is 0 Å². The van der Waals surface area contributed by atoms with Crippen molar-refractivity contribution in [2.45, 2.75) is 0 Å². The fourth-order valence-corrected chi connectivity index (χ4v) is 0. The van der Waals surface area contributed by atoms with Crippen LogP contribution in [-0.4, -0.2) is 0 Å². The Hall–Kier alpha value is 3.96. The molecule has 0 bridgehead atoms. The minimum Gasteiger partial charge on any atom is -0.358 e. The second-order valence-electron chi connectivity index (χ2n) is 0. The van der Waals surface area contributed by atoms with E-state index in [2.05, 4.69) is 0 Å². The maximum atomic E-state index is 0. The van der Waals surface area contributed by atoms with Crippen molar-refractivity contribution in [2.75, 3.05) is 0 Å². The molecule has 0 aromatic heterocycles. The van der Waals surface area contributed by atoms with Gasteiger partial charge in [0.15, 0.2) is 0 Å². The van der Waals surface area contributed by atoms with Crippen molar-refractivity contribution in [3.63, 3.8) is 0 Å². The summed E-state index contributed by atoms with van der Waals surface area (Å²) in [5, 5.41) is 0. The summed E-state index contributed by atoms with van der Waals surface area (Å²) in [4.78, 5) is 0. The molecule has 0 aliphatic rings. The molecule has 0 aromatic rings. The maximum absolute atomic E-state index is 0. The summed E-state index contributed by atoms with van der Waals surface area (Å²) in [7, 11) is 0. The van der Waals surface area contributed by atoms with Crippen LogP contribution in [0.2, 0.25) is 0 Å². The van der Waals surface area contributed by atoms with Crippen molar-refractivity contribution in [1.29, 1.82) is 0 Å². The van der Waals surface area contributed by atoms with Crippen LogP contribution in [0, 0.1) is 14.9 Å². The number of rotatable bonds is 0. The zero-order valence-electron chi connectivity index (χ0n) is 4.07. The molecule has 0 saturated carbocycles. The first-order valence-corrected chi connectivity index (χ1v) is 0. The van der Waals surface area contributed by atoms with Crippen LogP contribution in [0.1, 0.15) is 0 Å². The third-order valence-corrected chi connectivity index (χ3v) is 0. The summed E-state index contributed by atoms with van der Waals surface area (Å²) in [5.41, 5.74) is 0. The van der Waals surface area contributed by atoms with Crippen molar-refractivity contribution in [3.8, 4) is 0 Å². The summed E-state index contributed by atoms with van der Waals surface area (Å²) in [6.45, 7) is 0. The van der Waals surface area contributed by atoms with Crippen LogP contribution in [0.25, 0.3) is 0 Å². The van der Waals surface area contributed by atoms with Gasteiger partial charge in [0.2, 0.25) is 0 Å². The monoisotopic (exact) mass is 490 g/mol. The van der Waals surface area contributed by atoms with E-state index < -0.39 is 0 Å². The molecule has 0 rings (SSSR count). The molecule has 0 aromatic carbocycles. The third-order valence-electron chi connectivity index (χ3n) is 0. The minimum absolute atomic E-state index is 0. The molecule has 0 aliphatic heterocycles. The molecule has 0 spiro atoms. The summed E-state index contributed by atoms with van der Waals surface area (Å²) < 4.78 is 0. The summed E-state index contributed by atoms with van der Waals surface area (Å²) in [6, 6.07) is 0. The largest absolute Gasteiger partial charge is 0.358 e. The average molecular weight is 489 g/mol. The first kappa shape index (κ1) is 51.0. The zero-order valence-corrected chi connectivity index (χ0v) is 15.0. The van der Waals surface area contributed by atoms with E-state index in [9.17, 15) is 0 Å². The van der Waals surface area contributed by atoms with Gasteiger partial charge in [0.05, 0.1) is 0 Å².